The summed E-state index contributed by atoms with van der Waals surface area (Å²) >= 11 is 1.53. The molecule has 0 aliphatic rings. The monoisotopic (exact) mass is 218 g/mol. The van der Waals surface area contributed by atoms with E-state index in [0.717, 1.165) is 15.5 Å². The van der Waals surface area contributed by atoms with E-state index >= 15 is 0 Å². The minimum atomic E-state index is 0.818. The molecule has 3 aromatic heterocycles. The molecule has 6 heteroatoms. The number of aryl methyl sites for hydroxylation is 1. The second-order valence-electron chi connectivity index (χ2n) is 3.22. The van der Waals surface area contributed by atoms with Crippen molar-refractivity contribution in [3.63, 3.8) is 0 Å². The van der Waals surface area contributed by atoms with Gasteiger partial charge in [0.15, 0.2) is 12.4 Å². The summed E-state index contributed by atoms with van der Waals surface area (Å²) in [5.74, 6) is 0. The van der Waals surface area contributed by atoms with Crippen molar-refractivity contribution in [2.24, 2.45) is 7.05 Å². The number of aromatic nitrogens is 5. The average molecular weight is 218 g/mol. The van der Waals surface area contributed by atoms with E-state index in [1.54, 1.807) is 10.8 Å². The highest BCUT2D eigenvalue weighted by Crippen LogP contribution is 2.23. The maximum Gasteiger partial charge on any atom is 0.234 e. The Morgan fingerprint density at radius 2 is 2.13 bits per heavy atom. The standard InChI is InChI=1S/C9H8N5S/c1-13-4-2-7(3-5-13)8-12-14-6-10-11-9(14)15-8/h2-6H,1H3/q+1. The number of fused-ring (bicyclic) bond motifs is 1. The van der Waals surface area contributed by atoms with Crippen LogP contribution in [0.3, 0.4) is 0 Å². The lowest BCUT2D eigenvalue weighted by Crippen LogP contribution is -2.25. The van der Waals surface area contributed by atoms with Gasteiger partial charge >= 0.3 is 0 Å². The van der Waals surface area contributed by atoms with E-state index < -0.39 is 0 Å². The van der Waals surface area contributed by atoms with Crippen molar-refractivity contribution in [3.8, 4) is 10.6 Å². The van der Waals surface area contributed by atoms with Gasteiger partial charge in [0.2, 0.25) is 4.96 Å². The normalized spacial score (nSPS) is 11.0. The minimum absolute atomic E-state index is 0.818. The second-order valence-corrected chi connectivity index (χ2v) is 4.17. The summed E-state index contributed by atoms with van der Waals surface area (Å²) in [5, 5.41) is 13.0. The van der Waals surface area contributed by atoms with Crippen LogP contribution in [-0.2, 0) is 7.05 Å². The number of hydrogen-bond acceptors (Lipinski definition) is 4. The average Bonchev–Trinajstić information content (AvgIpc) is 2.78. The topological polar surface area (TPSA) is 47.0 Å². The third kappa shape index (κ3) is 1.39. The van der Waals surface area contributed by atoms with Gasteiger partial charge < -0.3 is 0 Å². The van der Waals surface area contributed by atoms with Crippen molar-refractivity contribution in [2.75, 3.05) is 0 Å². The van der Waals surface area contributed by atoms with Gasteiger partial charge in [-0.3, -0.25) is 0 Å². The van der Waals surface area contributed by atoms with E-state index in [-0.39, 0.29) is 0 Å². The number of hydrogen-bond donors (Lipinski definition) is 0. The highest BCUT2D eigenvalue weighted by molar-refractivity contribution is 7.19. The van der Waals surface area contributed by atoms with Crippen LogP contribution >= 0.6 is 11.3 Å². The van der Waals surface area contributed by atoms with Gasteiger partial charge in [0.05, 0.1) is 0 Å². The van der Waals surface area contributed by atoms with Gasteiger partial charge in [-0.25, -0.2) is 4.57 Å². The van der Waals surface area contributed by atoms with Gasteiger partial charge in [0, 0.05) is 17.7 Å². The summed E-state index contributed by atoms with van der Waals surface area (Å²) in [6.07, 6.45) is 5.60. The van der Waals surface area contributed by atoms with Crippen molar-refractivity contribution in [2.45, 2.75) is 0 Å². The quantitative estimate of drug-likeness (QED) is 0.564. The molecule has 74 valence electrons. The van der Waals surface area contributed by atoms with Crippen molar-refractivity contribution in [1.82, 2.24) is 19.8 Å². The van der Waals surface area contributed by atoms with Crippen LogP contribution in [0.25, 0.3) is 15.5 Å². The van der Waals surface area contributed by atoms with Crippen molar-refractivity contribution in [1.29, 1.82) is 0 Å². The Kier molecular flexibility index (Phi) is 1.75. The van der Waals surface area contributed by atoms with Gasteiger partial charge in [-0.05, 0) is 0 Å². The molecule has 3 aromatic rings. The molecule has 0 aliphatic heterocycles. The largest absolute Gasteiger partial charge is 0.234 e. The molecule has 0 amide bonds. The van der Waals surface area contributed by atoms with E-state index in [4.69, 9.17) is 0 Å². The summed E-state index contributed by atoms with van der Waals surface area (Å²) in [6, 6.07) is 4.07. The van der Waals surface area contributed by atoms with Crippen LogP contribution in [0.1, 0.15) is 0 Å². The number of pyridine rings is 1. The van der Waals surface area contributed by atoms with Crippen LogP contribution in [0.4, 0.5) is 0 Å². The zero-order valence-corrected chi connectivity index (χ0v) is 8.85. The predicted molar refractivity (Wildman–Crippen MR) is 55.3 cm³/mol. The Hall–Kier alpha value is -1.82. The van der Waals surface area contributed by atoms with E-state index in [9.17, 15) is 0 Å². The molecule has 0 radical (unpaired) electrons. The van der Waals surface area contributed by atoms with Crippen LogP contribution in [0, 0.1) is 0 Å². The van der Waals surface area contributed by atoms with E-state index in [2.05, 4.69) is 15.3 Å². The molecule has 0 bridgehead atoms. The van der Waals surface area contributed by atoms with Gasteiger partial charge in [0.25, 0.3) is 0 Å². The fraction of sp³-hybridized carbons (Fsp3) is 0.111. The van der Waals surface area contributed by atoms with Gasteiger partial charge in [-0.2, -0.15) is 9.61 Å². The first-order valence-corrected chi connectivity index (χ1v) is 5.27. The highest BCUT2D eigenvalue weighted by Gasteiger charge is 2.08. The SMILES string of the molecule is C[n+]1ccc(-c2nn3cnnc3s2)cc1. The molecule has 0 fully saturated rings. The molecule has 0 N–H and O–H groups in total. The van der Waals surface area contributed by atoms with Crippen LogP contribution in [0.5, 0.6) is 0 Å². The number of nitrogens with zero attached hydrogens (tertiary/aromatic N) is 5. The van der Waals surface area contributed by atoms with Crippen molar-refractivity contribution in [3.05, 3.63) is 30.9 Å². The first kappa shape index (κ1) is 8.49. The molecule has 0 spiro atoms. The summed E-state index contributed by atoms with van der Waals surface area (Å²) in [4.78, 5) is 0.818. The Balaban J connectivity index is 2.13. The Morgan fingerprint density at radius 3 is 2.87 bits per heavy atom. The van der Waals surface area contributed by atoms with Crippen LogP contribution in [-0.4, -0.2) is 19.8 Å². The lowest BCUT2D eigenvalue weighted by atomic mass is 10.3. The van der Waals surface area contributed by atoms with Gasteiger partial charge in [0.1, 0.15) is 18.4 Å². The maximum absolute atomic E-state index is 4.37. The molecule has 0 unspecified atom stereocenters. The Bertz CT molecular complexity index is 566. The molecular weight excluding hydrogens is 210 g/mol. The fourth-order valence-electron chi connectivity index (χ4n) is 1.32. The summed E-state index contributed by atoms with van der Waals surface area (Å²) in [6.45, 7) is 0. The molecule has 3 heterocycles. The molecule has 0 saturated heterocycles. The lowest BCUT2D eigenvalue weighted by Gasteiger charge is -1.91. The maximum atomic E-state index is 4.37. The third-order valence-electron chi connectivity index (χ3n) is 2.11. The fourth-order valence-corrected chi connectivity index (χ4v) is 2.15. The predicted octanol–water partition coefficient (Wildman–Crippen LogP) is 0.677. The molecule has 0 aliphatic carbocycles. The smallest absolute Gasteiger partial charge is 0.208 e. The molecule has 3 rings (SSSR count). The van der Waals surface area contributed by atoms with Crippen LogP contribution in [0.15, 0.2) is 30.9 Å². The van der Waals surface area contributed by atoms with E-state index in [0.29, 0.717) is 0 Å². The van der Waals surface area contributed by atoms with Gasteiger partial charge in [-0.15, -0.1) is 10.2 Å². The van der Waals surface area contributed by atoms with Gasteiger partial charge in [-0.1, -0.05) is 11.3 Å². The molecule has 0 aromatic carbocycles. The summed E-state index contributed by atoms with van der Waals surface area (Å²) in [5.41, 5.74) is 1.10. The zero-order chi connectivity index (χ0) is 10.3. The molecular formula is C9H8N5S+. The first-order chi connectivity index (χ1) is 7.33. The Morgan fingerprint density at radius 1 is 1.33 bits per heavy atom. The van der Waals surface area contributed by atoms with Crippen LogP contribution in [0.2, 0.25) is 0 Å². The highest BCUT2D eigenvalue weighted by atomic mass is 32.1. The molecule has 15 heavy (non-hydrogen) atoms. The van der Waals surface area contributed by atoms with Crippen molar-refractivity contribution < 1.29 is 4.57 Å². The molecule has 0 atom stereocenters. The Labute approximate surface area is 89.6 Å². The van der Waals surface area contributed by atoms with E-state index in [1.807, 2.05) is 36.1 Å². The first-order valence-electron chi connectivity index (χ1n) is 4.45. The van der Waals surface area contributed by atoms with Crippen molar-refractivity contribution >= 4 is 16.3 Å². The summed E-state index contributed by atoms with van der Waals surface area (Å²) in [7, 11) is 1.99. The lowest BCUT2D eigenvalue weighted by molar-refractivity contribution is -0.671. The van der Waals surface area contributed by atoms with E-state index in [1.165, 1.54) is 11.3 Å². The zero-order valence-electron chi connectivity index (χ0n) is 8.03. The second kappa shape index (κ2) is 3.09. The summed E-state index contributed by atoms with van der Waals surface area (Å²) < 4.78 is 3.68. The third-order valence-corrected chi connectivity index (χ3v) is 3.07. The molecule has 5 nitrogen and oxygen atoms in total. The number of rotatable bonds is 1. The molecule has 0 saturated carbocycles. The minimum Gasteiger partial charge on any atom is -0.208 e. The van der Waals surface area contributed by atoms with Crippen LogP contribution < -0.4 is 4.57 Å².